The zero-order chi connectivity index (χ0) is 14.0. The molecule has 19 heavy (non-hydrogen) atoms. The first kappa shape index (κ1) is 13.2. The van der Waals surface area contributed by atoms with Gasteiger partial charge in [0.05, 0.1) is 5.56 Å². The average Bonchev–Trinajstić information content (AvgIpc) is 2.73. The molecule has 0 amide bonds. The van der Waals surface area contributed by atoms with Crippen molar-refractivity contribution in [1.29, 1.82) is 0 Å². The zero-order valence-corrected chi connectivity index (χ0v) is 10.3. The Kier molecular flexibility index (Phi) is 3.32. The number of pyridine rings is 1. The Labute approximate surface area is 107 Å². The fourth-order valence-electron chi connectivity index (χ4n) is 1.50. The first-order valence-electron chi connectivity index (χ1n) is 5.42. The minimum atomic E-state index is -4.42. The van der Waals surface area contributed by atoms with Crippen LogP contribution in [0.25, 0.3) is 0 Å². The summed E-state index contributed by atoms with van der Waals surface area (Å²) in [5, 5.41) is 9.34. The predicted octanol–water partition coefficient (Wildman–Crippen LogP) is 2.62. The van der Waals surface area contributed by atoms with Crippen molar-refractivity contribution >= 4 is 17.5 Å². The van der Waals surface area contributed by atoms with Crippen LogP contribution in [0.1, 0.15) is 5.56 Å². The van der Waals surface area contributed by atoms with Gasteiger partial charge < -0.3 is 10.6 Å². The summed E-state index contributed by atoms with van der Waals surface area (Å²) in [5.74, 6) is 0.641. The van der Waals surface area contributed by atoms with Crippen LogP contribution >= 0.6 is 0 Å². The number of nitrogens with one attached hydrogen (secondary N) is 2. The third-order valence-corrected chi connectivity index (χ3v) is 2.38. The molecule has 0 unspecified atom stereocenters. The van der Waals surface area contributed by atoms with E-state index >= 15 is 0 Å². The summed E-state index contributed by atoms with van der Waals surface area (Å²) in [6, 6.07) is 3.53. The lowest BCUT2D eigenvalue weighted by molar-refractivity contribution is -0.137. The molecule has 0 bridgehead atoms. The maximum Gasteiger partial charge on any atom is 0.416 e. The van der Waals surface area contributed by atoms with Crippen molar-refractivity contribution in [1.82, 2.24) is 14.8 Å². The lowest BCUT2D eigenvalue weighted by Gasteiger charge is -2.11. The molecule has 2 aromatic heterocycles. The number of halogens is 3. The van der Waals surface area contributed by atoms with Crippen LogP contribution in [0, 0.1) is 0 Å². The zero-order valence-electron chi connectivity index (χ0n) is 10.3. The van der Waals surface area contributed by atoms with Gasteiger partial charge in [-0.25, -0.2) is 4.98 Å². The summed E-state index contributed by atoms with van der Waals surface area (Å²) < 4.78 is 39.7. The highest BCUT2D eigenvalue weighted by atomic mass is 19.4. The Morgan fingerprint density at radius 3 is 2.37 bits per heavy atom. The Hall–Kier alpha value is -2.25. The number of aryl methyl sites for hydroxylation is 1. The monoisotopic (exact) mass is 271 g/mol. The van der Waals surface area contributed by atoms with Crippen LogP contribution in [0.15, 0.2) is 24.4 Å². The van der Waals surface area contributed by atoms with Crippen LogP contribution in [0.5, 0.6) is 0 Å². The molecule has 0 spiro atoms. The third-order valence-electron chi connectivity index (χ3n) is 2.38. The lowest BCUT2D eigenvalue weighted by atomic mass is 10.2. The van der Waals surface area contributed by atoms with E-state index in [0.29, 0.717) is 5.82 Å². The van der Waals surface area contributed by atoms with Gasteiger partial charge in [0.2, 0.25) is 0 Å². The molecule has 8 heteroatoms. The van der Waals surface area contributed by atoms with Crippen molar-refractivity contribution in [3.05, 3.63) is 30.0 Å². The van der Waals surface area contributed by atoms with E-state index in [1.165, 1.54) is 11.7 Å². The van der Waals surface area contributed by atoms with E-state index in [-0.39, 0.29) is 11.6 Å². The molecule has 0 aromatic carbocycles. The summed E-state index contributed by atoms with van der Waals surface area (Å²) in [6.45, 7) is 0. The summed E-state index contributed by atoms with van der Waals surface area (Å²) in [6.07, 6.45) is -2.75. The Balaban J connectivity index is 2.34. The highest BCUT2D eigenvalue weighted by Crippen LogP contribution is 2.32. The Morgan fingerprint density at radius 2 is 1.84 bits per heavy atom. The largest absolute Gasteiger partial charge is 0.416 e. The van der Waals surface area contributed by atoms with E-state index in [4.69, 9.17) is 0 Å². The summed E-state index contributed by atoms with van der Waals surface area (Å²) in [7, 11) is 3.22. The van der Waals surface area contributed by atoms with Crippen molar-refractivity contribution in [2.75, 3.05) is 17.7 Å². The van der Waals surface area contributed by atoms with Gasteiger partial charge in [-0.15, -0.1) is 0 Å². The maximum atomic E-state index is 12.7. The SMILES string of the molecule is CNc1cc(C(F)(F)F)cc(Nc2ccn(C)n2)n1. The molecular weight excluding hydrogens is 259 g/mol. The molecule has 2 aromatic rings. The highest BCUT2D eigenvalue weighted by molar-refractivity contribution is 5.56. The van der Waals surface area contributed by atoms with E-state index in [1.807, 2.05) is 0 Å². The standard InChI is InChI=1S/C11H12F3N5/c1-15-9-5-7(11(12,13)14)6-10(17-9)16-8-3-4-19(2)18-8/h3-6H,1-2H3,(H2,15,16,17,18). The molecule has 0 aliphatic heterocycles. The number of anilines is 3. The second-order valence-electron chi connectivity index (χ2n) is 3.87. The number of nitrogens with zero attached hydrogens (tertiary/aromatic N) is 3. The maximum absolute atomic E-state index is 12.7. The van der Waals surface area contributed by atoms with Gasteiger partial charge in [-0.3, -0.25) is 4.68 Å². The van der Waals surface area contributed by atoms with E-state index in [0.717, 1.165) is 12.1 Å². The van der Waals surface area contributed by atoms with Crippen molar-refractivity contribution in [2.24, 2.45) is 7.05 Å². The van der Waals surface area contributed by atoms with Gasteiger partial charge in [0.15, 0.2) is 5.82 Å². The number of rotatable bonds is 3. The van der Waals surface area contributed by atoms with Crippen LogP contribution in [-0.4, -0.2) is 21.8 Å². The molecule has 0 radical (unpaired) electrons. The fraction of sp³-hybridized carbons (Fsp3) is 0.273. The smallest absolute Gasteiger partial charge is 0.373 e. The summed E-state index contributed by atoms with van der Waals surface area (Å²) >= 11 is 0. The van der Waals surface area contributed by atoms with E-state index in [1.54, 1.807) is 19.3 Å². The predicted molar refractivity (Wildman–Crippen MR) is 65.3 cm³/mol. The number of hydrogen-bond donors (Lipinski definition) is 2. The summed E-state index contributed by atoms with van der Waals surface area (Å²) in [5.41, 5.74) is -0.773. The van der Waals surface area contributed by atoms with Gasteiger partial charge in [0, 0.05) is 26.4 Å². The first-order valence-corrected chi connectivity index (χ1v) is 5.42. The van der Waals surface area contributed by atoms with Crippen molar-refractivity contribution < 1.29 is 13.2 Å². The van der Waals surface area contributed by atoms with E-state index in [2.05, 4.69) is 20.7 Å². The molecule has 0 saturated carbocycles. The minimum Gasteiger partial charge on any atom is -0.373 e. The molecule has 2 heterocycles. The van der Waals surface area contributed by atoms with Crippen LogP contribution in [0.4, 0.5) is 30.6 Å². The quantitative estimate of drug-likeness (QED) is 0.901. The second kappa shape index (κ2) is 4.79. The molecular formula is C11H12F3N5. The van der Waals surface area contributed by atoms with Gasteiger partial charge >= 0.3 is 6.18 Å². The Morgan fingerprint density at radius 1 is 1.16 bits per heavy atom. The van der Waals surface area contributed by atoms with E-state index in [9.17, 15) is 13.2 Å². The molecule has 2 rings (SSSR count). The van der Waals surface area contributed by atoms with Crippen LogP contribution < -0.4 is 10.6 Å². The van der Waals surface area contributed by atoms with Crippen LogP contribution in [0.2, 0.25) is 0 Å². The minimum absolute atomic E-state index is 0.0814. The fourth-order valence-corrected chi connectivity index (χ4v) is 1.50. The summed E-state index contributed by atoms with van der Waals surface area (Å²) in [4.78, 5) is 4.00. The number of aromatic nitrogens is 3. The molecule has 0 aliphatic carbocycles. The van der Waals surface area contributed by atoms with Crippen molar-refractivity contribution in [3.8, 4) is 0 Å². The Bertz CT molecular complexity index is 576. The van der Waals surface area contributed by atoms with Crippen LogP contribution in [-0.2, 0) is 13.2 Å². The number of alkyl halides is 3. The topological polar surface area (TPSA) is 54.8 Å². The van der Waals surface area contributed by atoms with Crippen molar-refractivity contribution in [3.63, 3.8) is 0 Å². The molecule has 102 valence electrons. The molecule has 0 aliphatic rings. The van der Waals surface area contributed by atoms with Gasteiger partial charge in [0.25, 0.3) is 0 Å². The molecule has 5 nitrogen and oxygen atoms in total. The van der Waals surface area contributed by atoms with Gasteiger partial charge in [-0.2, -0.15) is 18.3 Å². The van der Waals surface area contributed by atoms with Gasteiger partial charge in [-0.05, 0) is 12.1 Å². The normalized spacial score (nSPS) is 11.4. The van der Waals surface area contributed by atoms with Crippen molar-refractivity contribution in [2.45, 2.75) is 6.18 Å². The first-order chi connectivity index (χ1) is 8.88. The number of hydrogen-bond acceptors (Lipinski definition) is 4. The molecule has 0 atom stereocenters. The lowest BCUT2D eigenvalue weighted by Crippen LogP contribution is -2.08. The van der Waals surface area contributed by atoms with Gasteiger partial charge in [-0.1, -0.05) is 0 Å². The highest BCUT2D eigenvalue weighted by Gasteiger charge is 2.31. The molecule has 2 N–H and O–H groups in total. The average molecular weight is 271 g/mol. The van der Waals surface area contributed by atoms with Gasteiger partial charge in [0.1, 0.15) is 11.6 Å². The van der Waals surface area contributed by atoms with Crippen LogP contribution in [0.3, 0.4) is 0 Å². The third kappa shape index (κ3) is 3.15. The van der Waals surface area contributed by atoms with E-state index < -0.39 is 11.7 Å². The second-order valence-corrected chi connectivity index (χ2v) is 3.87. The molecule has 0 fully saturated rings. The molecule has 0 saturated heterocycles.